The zero-order valence-corrected chi connectivity index (χ0v) is 8.29. The molecule has 0 amide bonds. The molecule has 1 heterocycles. The molecule has 12 heavy (non-hydrogen) atoms. The minimum Gasteiger partial charge on any atom is -0.392 e. The molecule has 1 rings (SSSR count). The zero-order chi connectivity index (χ0) is 8.97. The molecule has 1 unspecified atom stereocenters. The van der Waals surface area contributed by atoms with Gasteiger partial charge in [0, 0.05) is 6.54 Å². The van der Waals surface area contributed by atoms with Gasteiger partial charge >= 0.3 is 0 Å². The normalized spacial score (nSPS) is 23.0. The number of β-amino-alcohol motifs (C(OH)–C–C–N with tert-alkyl or cyclic N) is 1. The van der Waals surface area contributed by atoms with Crippen molar-refractivity contribution in [3.8, 4) is 0 Å². The van der Waals surface area contributed by atoms with Crippen molar-refractivity contribution in [2.45, 2.75) is 39.2 Å². The highest BCUT2D eigenvalue weighted by atomic mass is 16.3. The highest BCUT2D eigenvalue weighted by Gasteiger charge is 2.16. The Labute approximate surface area is 75.6 Å². The van der Waals surface area contributed by atoms with Gasteiger partial charge in [-0.15, -0.1) is 0 Å². The number of nitrogens with zero attached hydrogens (tertiary/aromatic N) is 1. The van der Waals surface area contributed by atoms with Crippen molar-refractivity contribution in [1.82, 2.24) is 4.90 Å². The molecule has 1 aliphatic rings. The van der Waals surface area contributed by atoms with E-state index in [0.29, 0.717) is 5.92 Å². The van der Waals surface area contributed by atoms with Gasteiger partial charge in [0.05, 0.1) is 6.10 Å². The summed E-state index contributed by atoms with van der Waals surface area (Å²) in [5, 5.41) is 9.64. The predicted molar refractivity (Wildman–Crippen MR) is 51.1 cm³/mol. The van der Waals surface area contributed by atoms with Crippen LogP contribution in [0.2, 0.25) is 0 Å². The Balaban J connectivity index is 2.20. The van der Waals surface area contributed by atoms with Gasteiger partial charge in [-0.1, -0.05) is 20.3 Å². The first-order chi connectivity index (χ1) is 5.70. The van der Waals surface area contributed by atoms with E-state index in [1.807, 2.05) is 0 Å². The summed E-state index contributed by atoms with van der Waals surface area (Å²) >= 11 is 0. The van der Waals surface area contributed by atoms with Crippen LogP contribution >= 0.6 is 0 Å². The van der Waals surface area contributed by atoms with Crippen molar-refractivity contribution < 1.29 is 5.11 Å². The largest absolute Gasteiger partial charge is 0.392 e. The van der Waals surface area contributed by atoms with E-state index in [2.05, 4.69) is 18.7 Å². The molecule has 0 aliphatic carbocycles. The fraction of sp³-hybridized carbons (Fsp3) is 1.00. The Kier molecular flexibility index (Phi) is 4.02. The van der Waals surface area contributed by atoms with Crippen LogP contribution in [0.1, 0.15) is 33.1 Å². The van der Waals surface area contributed by atoms with Gasteiger partial charge in [0.15, 0.2) is 0 Å². The summed E-state index contributed by atoms with van der Waals surface area (Å²) in [7, 11) is 0. The average Bonchev–Trinajstić information content (AvgIpc) is 2.06. The van der Waals surface area contributed by atoms with Crippen LogP contribution in [0.15, 0.2) is 0 Å². The van der Waals surface area contributed by atoms with E-state index in [1.54, 1.807) is 0 Å². The quantitative estimate of drug-likeness (QED) is 0.695. The molecule has 1 saturated heterocycles. The predicted octanol–water partition coefficient (Wildman–Crippen LogP) is 1.49. The lowest BCUT2D eigenvalue weighted by atomic mass is 10.1. The Morgan fingerprint density at radius 1 is 1.17 bits per heavy atom. The Hall–Kier alpha value is -0.0800. The van der Waals surface area contributed by atoms with Crippen LogP contribution in [0.3, 0.4) is 0 Å². The third-order valence-electron chi connectivity index (χ3n) is 2.66. The van der Waals surface area contributed by atoms with Crippen LogP contribution in [0.5, 0.6) is 0 Å². The Morgan fingerprint density at radius 3 is 2.25 bits per heavy atom. The van der Waals surface area contributed by atoms with Crippen LogP contribution < -0.4 is 0 Å². The number of piperidine rings is 1. The lowest BCUT2D eigenvalue weighted by molar-refractivity contribution is 0.0684. The molecule has 0 saturated carbocycles. The molecular formula is C10H21NO. The lowest BCUT2D eigenvalue weighted by Crippen LogP contribution is -2.38. The standard InChI is InChI=1S/C10H21NO/c1-9(2)10(12)8-11-6-4-3-5-7-11/h9-10,12H,3-8H2,1-2H3. The number of hydrogen-bond acceptors (Lipinski definition) is 2. The number of likely N-dealkylation sites (tertiary alicyclic amines) is 1. The summed E-state index contributed by atoms with van der Waals surface area (Å²) in [5.41, 5.74) is 0. The molecule has 1 fully saturated rings. The first-order valence-electron chi connectivity index (χ1n) is 5.10. The van der Waals surface area contributed by atoms with Gasteiger partial charge in [-0.25, -0.2) is 0 Å². The van der Waals surface area contributed by atoms with Crippen molar-refractivity contribution in [2.24, 2.45) is 5.92 Å². The fourth-order valence-corrected chi connectivity index (χ4v) is 1.62. The van der Waals surface area contributed by atoms with E-state index in [0.717, 1.165) is 6.54 Å². The monoisotopic (exact) mass is 171 g/mol. The van der Waals surface area contributed by atoms with Gasteiger partial charge in [-0.3, -0.25) is 0 Å². The molecule has 1 aliphatic heterocycles. The second kappa shape index (κ2) is 4.83. The number of rotatable bonds is 3. The van der Waals surface area contributed by atoms with Crippen molar-refractivity contribution >= 4 is 0 Å². The molecule has 0 bridgehead atoms. The van der Waals surface area contributed by atoms with Gasteiger partial charge in [-0.2, -0.15) is 0 Å². The first kappa shape index (κ1) is 10.0. The maximum absolute atomic E-state index is 9.64. The summed E-state index contributed by atoms with van der Waals surface area (Å²) in [6.07, 6.45) is 3.85. The second-order valence-corrected chi connectivity index (χ2v) is 4.17. The minimum absolute atomic E-state index is 0.136. The van der Waals surface area contributed by atoms with Crippen LogP contribution in [0, 0.1) is 5.92 Å². The van der Waals surface area contributed by atoms with Gasteiger partial charge in [0.2, 0.25) is 0 Å². The molecule has 0 aromatic rings. The third-order valence-corrected chi connectivity index (χ3v) is 2.66. The van der Waals surface area contributed by atoms with E-state index in [1.165, 1.54) is 32.4 Å². The summed E-state index contributed by atoms with van der Waals surface area (Å²) in [6, 6.07) is 0. The maximum atomic E-state index is 9.64. The smallest absolute Gasteiger partial charge is 0.0689 e. The Morgan fingerprint density at radius 2 is 1.75 bits per heavy atom. The molecule has 1 N–H and O–H groups in total. The average molecular weight is 171 g/mol. The van der Waals surface area contributed by atoms with Gasteiger partial charge in [-0.05, 0) is 31.8 Å². The molecule has 72 valence electrons. The van der Waals surface area contributed by atoms with Crippen molar-refractivity contribution in [1.29, 1.82) is 0 Å². The molecule has 0 aromatic heterocycles. The summed E-state index contributed by atoms with van der Waals surface area (Å²) in [6.45, 7) is 7.40. The van der Waals surface area contributed by atoms with E-state index >= 15 is 0 Å². The summed E-state index contributed by atoms with van der Waals surface area (Å²) < 4.78 is 0. The Bertz CT molecular complexity index is 119. The van der Waals surface area contributed by atoms with E-state index < -0.39 is 0 Å². The van der Waals surface area contributed by atoms with Crippen molar-refractivity contribution in [3.63, 3.8) is 0 Å². The molecular weight excluding hydrogens is 150 g/mol. The van der Waals surface area contributed by atoms with E-state index in [9.17, 15) is 5.11 Å². The summed E-state index contributed by atoms with van der Waals surface area (Å²) in [5.74, 6) is 0.395. The van der Waals surface area contributed by atoms with Crippen LogP contribution in [-0.4, -0.2) is 35.7 Å². The molecule has 0 aromatic carbocycles. The molecule has 2 heteroatoms. The first-order valence-corrected chi connectivity index (χ1v) is 5.10. The van der Waals surface area contributed by atoms with Crippen LogP contribution in [-0.2, 0) is 0 Å². The third kappa shape index (κ3) is 3.11. The topological polar surface area (TPSA) is 23.5 Å². The number of aliphatic hydroxyl groups is 1. The minimum atomic E-state index is -0.136. The molecule has 0 radical (unpaired) electrons. The SMILES string of the molecule is CC(C)C(O)CN1CCCCC1. The van der Waals surface area contributed by atoms with Crippen LogP contribution in [0.25, 0.3) is 0 Å². The van der Waals surface area contributed by atoms with E-state index in [-0.39, 0.29) is 6.10 Å². The second-order valence-electron chi connectivity index (χ2n) is 4.17. The highest BCUT2D eigenvalue weighted by Crippen LogP contribution is 2.11. The van der Waals surface area contributed by atoms with Gasteiger partial charge in [0.25, 0.3) is 0 Å². The highest BCUT2D eigenvalue weighted by molar-refractivity contribution is 4.70. The van der Waals surface area contributed by atoms with Crippen molar-refractivity contribution in [2.75, 3.05) is 19.6 Å². The summed E-state index contributed by atoms with van der Waals surface area (Å²) in [4.78, 5) is 2.38. The maximum Gasteiger partial charge on any atom is 0.0689 e. The van der Waals surface area contributed by atoms with Crippen molar-refractivity contribution in [3.05, 3.63) is 0 Å². The molecule has 1 atom stereocenters. The van der Waals surface area contributed by atoms with Crippen LogP contribution in [0.4, 0.5) is 0 Å². The molecule has 2 nitrogen and oxygen atoms in total. The number of aliphatic hydroxyl groups excluding tert-OH is 1. The zero-order valence-electron chi connectivity index (χ0n) is 8.29. The number of hydrogen-bond donors (Lipinski definition) is 1. The van der Waals surface area contributed by atoms with Gasteiger partial charge in [0.1, 0.15) is 0 Å². The van der Waals surface area contributed by atoms with E-state index in [4.69, 9.17) is 0 Å². The lowest BCUT2D eigenvalue weighted by Gasteiger charge is -2.29. The van der Waals surface area contributed by atoms with Gasteiger partial charge < -0.3 is 10.0 Å². The fourth-order valence-electron chi connectivity index (χ4n) is 1.62. The molecule has 0 spiro atoms.